The van der Waals surface area contributed by atoms with Crippen LogP contribution in [0, 0.1) is 0 Å². The molecule has 0 saturated carbocycles. The van der Waals surface area contributed by atoms with Gasteiger partial charge in [0.15, 0.2) is 0 Å². The van der Waals surface area contributed by atoms with Gasteiger partial charge in [0, 0.05) is 6.42 Å². The molecule has 3 N–H and O–H groups in total. The molecule has 0 aromatic rings. The number of hydrogen-bond acceptors (Lipinski definition) is 6. The fraction of sp³-hybridized carbons (Fsp3) is 0.438. The maximum Gasteiger partial charge on any atom is 0.332 e. The first-order chi connectivity index (χ1) is 11.3. The molecule has 122 valence electrons. The number of ether oxygens (including phenoxy) is 2. The van der Waals surface area contributed by atoms with Crippen molar-refractivity contribution in [1.29, 1.82) is 0 Å². The van der Waals surface area contributed by atoms with Gasteiger partial charge in [-0.25, -0.2) is 4.99 Å². The third kappa shape index (κ3) is 3.80. The van der Waals surface area contributed by atoms with Crippen molar-refractivity contribution in [1.82, 2.24) is 5.32 Å². The molecule has 0 spiro atoms. The Morgan fingerprint density at radius 2 is 2.43 bits per heavy atom. The first-order valence-electron chi connectivity index (χ1n) is 7.79. The number of allylic oxidation sites excluding steroid dienone is 3. The molecule has 0 bridgehead atoms. The molecule has 23 heavy (non-hydrogen) atoms. The number of rotatable bonds is 5. The molecule has 7 heteroatoms. The third-order valence-electron chi connectivity index (χ3n) is 3.92. The topological polar surface area (TPSA) is 93.6 Å². The number of fused-ring (bicyclic) bond motifs is 1. The van der Waals surface area contributed by atoms with Crippen LogP contribution in [-0.4, -0.2) is 30.8 Å². The summed E-state index contributed by atoms with van der Waals surface area (Å²) in [6.45, 7) is 2.59. The lowest BCUT2D eigenvalue weighted by atomic mass is 9.99. The van der Waals surface area contributed by atoms with E-state index >= 15 is 0 Å². The van der Waals surface area contributed by atoms with Crippen LogP contribution in [0.1, 0.15) is 19.8 Å². The summed E-state index contributed by atoms with van der Waals surface area (Å²) >= 11 is 0. The number of aliphatic imine (C=N–C) groups is 1. The van der Waals surface area contributed by atoms with Crippen molar-refractivity contribution >= 4 is 6.02 Å². The predicted molar refractivity (Wildman–Crippen MR) is 87.4 cm³/mol. The lowest BCUT2D eigenvalue weighted by molar-refractivity contribution is 0.102. The molecule has 2 heterocycles. The Bertz CT molecular complexity index is 618. The highest BCUT2D eigenvalue weighted by Gasteiger charge is 2.24. The molecule has 3 aliphatic rings. The SMILES string of the molecule is CC[C@@H](C[C@H]1COC(N=NN)=N1)OC1=CC2NC=CC=C2C=C1. The van der Waals surface area contributed by atoms with Crippen LogP contribution >= 0.6 is 0 Å². The van der Waals surface area contributed by atoms with Gasteiger partial charge in [-0.2, -0.15) is 0 Å². The lowest BCUT2D eigenvalue weighted by Gasteiger charge is -2.25. The fourth-order valence-electron chi connectivity index (χ4n) is 2.72. The second-order valence-corrected chi connectivity index (χ2v) is 5.55. The number of nitrogens with one attached hydrogen (secondary N) is 1. The Kier molecular flexibility index (Phi) is 4.75. The van der Waals surface area contributed by atoms with Crippen molar-refractivity contribution < 1.29 is 9.47 Å². The average molecular weight is 315 g/mol. The highest BCUT2D eigenvalue weighted by atomic mass is 16.5. The number of nitrogens with two attached hydrogens (primary N) is 1. The van der Waals surface area contributed by atoms with E-state index in [1.165, 1.54) is 5.57 Å². The van der Waals surface area contributed by atoms with E-state index in [4.69, 9.17) is 15.3 Å². The Hall–Kier alpha value is -2.57. The van der Waals surface area contributed by atoms with Crippen LogP contribution in [0.4, 0.5) is 0 Å². The van der Waals surface area contributed by atoms with E-state index in [2.05, 4.69) is 45.8 Å². The first-order valence-corrected chi connectivity index (χ1v) is 7.79. The Morgan fingerprint density at radius 1 is 1.52 bits per heavy atom. The van der Waals surface area contributed by atoms with Crippen molar-refractivity contribution in [2.75, 3.05) is 6.61 Å². The summed E-state index contributed by atoms with van der Waals surface area (Å²) in [6, 6.07) is 0.457. The van der Waals surface area contributed by atoms with Crippen LogP contribution < -0.4 is 11.2 Å². The smallest absolute Gasteiger partial charge is 0.332 e. The first kappa shape index (κ1) is 15.3. The van der Waals surface area contributed by atoms with Crippen LogP contribution in [0.5, 0.6) is 0 Å². The molecular weight excluding hydrogens is 294 g/mol. The molecule has 3 atom stereocenters. The Morgan fingerprint density at radius 3 is 3.26 bits per heavy atom. The van der Waals surface area contributed by atoms with Gasteiger partial charge < -0.3 is 20.6 Å². The van der Waals surface area contributed by atoms with Crippen LogP contribution in [0.2, 0.25) is 0 Å². The predicted octanol–water partition coefficient (Wildman–Crippen LogP) is 2.12. The van der Waals surface area contributed by atoms with E-state index in [0.29, 0.717) is 6.61 Å². The van der Waals surface area contributed by atoms with Gasteiger partial charge in [-0.15, -0.1) is 0 Å². The minimum absolute atomic E-state index is 0.0276. The number of hydrogen-bond donors (Lipinski definition) is 2. The zero-order valence-corrected chi connectivity index (χ0v) is 13.1. The number of amidine groups is 1. The highest BCUT2D eigenvalue weighted by molar-refractivity contribution is 5.75. The molecule has 1 unspecified atom stereocenters. The van der Waals surface area contributed by atoms with Crippen LogP contribution in [0.15, 0.2) is 63.2 Å². The zero-order valence-electron chi connectivity index (χ0n) is 13.1. The van der Waals surface area contributed by atoms with Crippen molar-refractivity contribution in [3.8, 4) is 0 Å². The summed E-state index contributed by atoms with van der Waals surface area (Å²) in [7, 11) is 0. The van der Waals surface area contributed by atoms with Crippen LogP contribution in [0.3, 0.4) is 0 Å². The van der Waals surface area contributed by atoms with E-state index in [1.54, 1.807) is 0 Å². The normalized spacial score (nSPS) is 26.7. The van der Waals surface area contributed by atoms with Gasteiger partial charge >= 0.3 is 6.02 Å². The standard InChI is InChI=1S/C16H21N5O2/c1-2-13(8-12-10-22-16(19-12)20-21-17)23-14-6-5-11-4-3-7-18-15(11)9-14/h3-7,9,12-13,15,18H,2,8,10H2,1H3,(H2,17,19,20)/t12-,13-,15?/m0/s1. The largest absolute Gasteiger partial charge is 0.491 e. The van der Waals surface area contributed by atoms with Crippen molar-refractivity contribution in [2.24, 2.45) is 21.2 Å². The molecule has 7 nitrogen and oxygen atoms in total. The molecule has 0 aromatic heterocycles. The minimum Gasteiger partial charge on any atom is -0.491 e. The van der Waals surface area contributed by atoms with Gasteiger partial charge in [0.2, 0.25) is 0 Å². The summed E-state index contributed by atoms with van der Waals surface area (Å²) in [5.74, 6) is 5.88. The quantitative estimate of drug-likeness (QED) is 0.461. The molecule has 0 radical (unpaired) electrons. The lowest BCUT2D eigenvalue weighted by Crippen LogP contribution is -2.28. The summed E-state index contributed by atoms with van der Waals surface area (Å²) in [4.78, 5) is 4.33. The van der Waals surface area contributed by atoms with Crippen molar-refractivity contribution in [3.63, 3.8) is 0 Å². The van der Waals surface area contributed by atoms with Gasteiger partial charge in [0.1, 0.15) is 18.5 Å². The van der Waals surface area contributed by atoms with Gasteiger partial charge in [0.05, 0.1) is 12.1 Å². The Labute approximate surface area is 135 Å². The van der Waals surface area contributed by atoms with E-state index in [-0.39, 0.29) is 24.2 Å². The molecule has 2 aliphatic heterocycles. The van der Waals surface area contributed by atoms with Crippen LogP contribution in [0.25, 0.3) is 0 Å². The molecule has 1 aliphatic carbocycles. The van der Waals surface area contributed by atoms with E-state index in [0.717, 1.165) is 18.6 Å². The summed E-state index contributed by atoms with van der Waals surface area (Å²) < 4.78 is 11.4. The van der Waals surface area contributed by atoms with Gasteiger partial charge in [0.25, 0.3) is 0 Å². The maximum absolute atomic E-state index is 6.13. The fourth-order valence-corrected chi connectivity index (χ4v) is 2.72. The van der Waals surface area contributed by atoms with Crippen molar-refractivity contribution in [3.05, 3.63) is 47.9 Å². The molecule has 0 saturated heterocycles. The molecule has 0 amide bonds. The van der Waals surface area contributed by atoms with E-state index in [1.807, 2.05) is 18.4 Å². The van der Waals surface area contributed by atoms with Crippen LogP contribution in [-0.2, 0) is 9.47 Å². The third-order valence-corrected chi connectivity index (χ3v) is 3.92. The Balaban J connectivity index is 1.58. The second-order valence-electron chi connectivity index (χ2n) is 5.55. The molecule has 3 rings (SSSR count). The number of nitrogens with zero attached hydrogens (tertiary/aromatic N) is 3. The second kappa shape index (κ2) is 7.13. The summed E-state index contributed by atoms with van der Waals surface area (Å²) in [5.41, 5.74) is 1.23. The van der Waals surface area contributed by atoms with Gasteiger partial charge in [-0.1, -0.05) is 29.4 Å². The molecule has 0 fully saturated rings. The molecular formula is C16H21N5O2. The average Bonchev–Trinajstić information content (AvgIpc) is 3.01. The van der Waals surface area contributed by atoms with Crippen molar-refractivity contribution in [2.45, 2.75) is 38.0 Å². The summed E-state index contributed by atoms with van der Waals surface area (Å²) in [6.07, 6.45) is 14.0. The van der Waals surface area contributed by atoms with E-state index < -0.39 is 0 Å². The van der Waals surface area contributed by atoms with Gasteiger partial charge in [-0.3, -0.25) is 0 Å². The summed E-state index contributed by atoms with van der Waals surface area (Å²) in [5, 5.41) is 10.1. The molecule has 0 aromatic carbocycles. The highest BCUT2D eigenvalue weighted by Crippen LogP contribution is 2.23. The van der Waals surface area contributed by atoms with Gasteiger partial charge in [-0.05, 0) is 36.4 Å². The zero-order chi connectivity index (χ0) is 16.1. The van der Waals surface area contributed by atoms with E-state index in [9.17, 15) is 0 Å². The minimum atomic E-state index is 0.0276. The monoisotopic (exact) mass is 315 g/mol. The number of dihydropyridines is 1. The maximum atomic E-state index is 6.13.